The average molecular weight is 552 g/mol. The molecule has 0 amide bonds. The SMILES string of the molecule is CCN1\C(=C/C=N/N=C(\O)c2ccccc2)C(C)(Cc2cc(F)c(F)c(F)c2)c2cc(OC)ccc21.[Co]. The van der Waals surface area contributed by atoms with Crippen LogP contribution in [0.3, 0.4) is 0 Å². The van der Waals surface area contributed by atoms with Gasteiger partial charge in [-0.25, -0.2) is 13.2 Å². The first-order chi connectivity index (χ1) is 17.3. The van der Waals surface area contributed by atoms with Crippen molar-refractivity contribution in [2.24, 2.45) is 10.2 Å². The van der Waals surface area contributed by atoms with Gasteiger partial charge in [0.15, 0.2) is 17.5 Å². The number of hydrogen-bond donors (Lipinski definition) is 1. The smallest absolute Gasteiger partial charge is 0.238 e. The second kappa shape index (κ2) is 11.7. The van der Waals surface area contributed by atoms with Crippen molar-refractivity contribution in [2.45, 2.75) is 25.7 Å². The van der Waals surface area contributed by atoms with E-state index in [9.17, 15) is 18.3 Å². The number of nitrogens with zero attached hydrogens (tertiary/aromatic N) is 3. The standard InChI is InChI=1S/C28H26F3N3O2.Co/c1-4-34-24-11-10-20(36-3)16-21(24)28(2,17-18-14-22(29)26(31)23(30)15-18)25(34)12-13-32-33-27(35)19-8-6-5-7-9-19;/h5-16H,4,17H2,1-3H3,(H,33,35);/b25-12-,32-13+;. The molecule has 0 bridgehead atoms. The molecule has 37 heavy (non-hydrogen) atoms. The first-order valence-electron chi connectivity index (χ1n) is 11.4. The van der Waals surface area contributed by atoms with Gasteiger partial charge in [0.05, 0.1) is 13.3 Å². The maximum atomic E-state index is 14.0. The molecule has 3 aromatic rings. The molecular weight excluding hydrogens is 526 g/mol. The van der Waals surface area contributed by atoms with Gasteiger partial charge < -0.3 is 14.7 Å². The number of methoxy groups -OCH3 is 1. The summed E-state index contributed by atoms with van der Waals surface area (Å²) in [7, 11) is 1.57. The van der Waals surface area contributed by atoms with Gasteiger partial charge in [0.25, 0.3) is 0 Å². The topological polar surface area (TPSA) is 57.4 Å². The maximum absolute atomic E-state index is 14.0. The van der Waals surface area contributed by atoms with E-state index in [0.717, 1.165) is 29.1 Å². The van der Waals surface area contributed by atoms with Crippen LogP contribution in [0, 0.1) is 17.5 Å². The molecule has 0 aliphatic carbocycles. The normalized spacial score (nSPS) is 18.3. The van der Waals surface area contributed by atoms with Gasteiger partial charge in [-0.1, -0.05) is 18.2 Å². The van der Waals surface area contributed by atoms with Crippen molar-refractivity contribution in [3.63, 3.8) is 0 Å². The molecule has 1 aliphatic heterocycles. The summed E-state index contributed by atoms with van der Waals surface area (Å²) in [5.74, 6) is -3.55. The van der Waals surface area contributed by atoms with Gasteiger partial charge in [0.2, 0.25) is 5.90 Å². The summed E-state index contributed by atoms with van der Waals surface area (Å²) in [4.78, 5) is 2.07. The molecule has 195 valence electrons. The molecule has 0 fully saturated rings. The molecule has 0 saturated heterocycles. The third-order valence-electron chi connectivity index (χ3n) is 6.35. The molecule has 4 rings (SSSR count). The Labute approximate surface area is 224 Å². The Morgan fingerprint density at radius 3 is 2.35 bits per heavy atom. The number of allylic oxidation sites excluding steroid dienone is 2. The summed E-state index contributed by atoms with van der Waals surface area (Å²) < 4.78 is 47.1. The minimum Gasteiger partial charge on any atom is -0.497 e. The van der Waals surface area contributed by atoms with Crippen LogP contribution in [-0.4, -0.2) is 30.9 Å². The summed E-state index contributed by atoms with van der Waals surface area (Å²) in [5.41, 5.74) is 2.69. The number of halogens is 3. The summed E-state index contributed by atoms with van der Waals surface area (Å²) >= 11 is 0. The predicted octanol–water partition coefficient (Wildman–Crippen LogP) is 6.32. The van der Waals surface area contributed by atoms with E-state index >= 15 is 0 Å². The molecule has 1 aliphatic rings. The molecule has 1 atom stereocenters. The fourth-order valence-electron chi connectivity index (χ4n) is 4.64. The van der Waals surface area contributed by atoms with Crippen molar-refractivity contribution in [1.82, 2.24) is 0 Å². The zero-order valence-corrected chi connectivity index (χ0v) is 21.5. The Morgan fingerprint density at radius 1 is 1.05 bits per heavy atom. The zero-order chi connectivity index (χ0) is 25.9. The minimum atomic E-state index is -1.49. The number of aliphatic hydroxyl groups excluding tert-OH is 1. The number of ether oxygens (including phenoxy) is 1. The molecule has 9 heteroatoms. The van der Waals surface area contributed by atoms with E-state index in [1.54, 1.807) is 37.5 Å². The van der Waals surface area contributed by atoms with Crippen molar-refractivity contribution in [1.29, 1.82) is 0 Å². The Balaban J connectivity index is 0.00000380. The molecular formula is C28H26CoF3N3O2. The van der Waals surface area contributed by atoms with E-state index in [2.05, 4.69) is 15.1 Å². The molecule has 3 aromatic carbocycles. The molecule has 5 nitrogen and oxygen atoms in total. The van der Waals surface area contributed by atoms with Gasteiger partial charge >= 0.3 is 0 Å². The van der Waals surface area contributed by atoms with Gasteiger partial charge in [0, 0.05) is 45.7 Å². The minimum absolute atomic E-state index is 0. The second-order valence-electron chi connectivity index (χ2n) is 8.62. The molecule has 1 radical (unpaired) electrons. The Bertz CT molecular complexity index is 1340. The average Bonchev–Trinajstić information content (AvgIpc) is 3.11. The Hall–Kier alpha value is -3.56. The Kier molecular flexibility index (Phi) is 8.83. The van der Waals surface area contributed by atoms with Crippen LogP contribution >= 0.6 is 0 Å². The maximum Gasteiger partial charge on any atom is 0.238 e. The molecule has 1 heterocycles. The molecule has 1 unspecified atom stereocenters. The van der Waals surface area contributed by atoms with Gasteiger partial charge in [-0.05, 0) is 79.9 Å². The largest absolute Gasteiger partial charge is 0.497 e. The number of likely N-dealkylation sites (N-methyl/N-ethyl adjacent to an activating group) is 1. The summed E-state index contributed by atoms with van der Waals surface area (Å²) in [6.07, 6.45) is 3.41. The monoisotopic (exact) mass is 552 g/mol. The number of aliphatic hydroxyl groups is 1. The zero-order valence-electron chi connectivity index (χ0n) is 20.5. The van der Waals surface area contributed by atoms with Crippen LogP contribution in [0.2, 0.25) is 0 Å². The van der Waals surface area contributed by atoms with E-state index in [0.29, 0.717) is 23.4 Å². The molecule has 1 N–H and O–H groups in total. The summed E-state index contributed by atoms with van der Waals surface area (Å²) in [6.45, 7) is 4.55. The van der Waals surface area contributed by atoms with E-state index in [-0.39, 0.29) is 29.1 Å². The second-order valence-corrected chi connectivity index (χ2v) is 8.62. The van der Waals surface area contributed by atoms with Gasteiger partial charge in [-0.2, -0.15) is 5.10 Å². The number of benzene rings is 3. The molecule has 0 aromatic heterocycles. The van der Waals surface area contributed by atoms with Crippen molar-refractivity contribution in [3.8, 4) is 5.75 Å². The predicted molar refractivity (Wildman–Crippen MR) is 136 cm³/mol. The fraction of sp³-hybridized carbons (Fsp3) is 0.214. The molecule has 0 spiro atoms. The van der Waals surface area contributed by atoms with Crippen LogP contribution < -0.4 is 9.64 Å². The van der Waals surface area contributed by atoms with Crippen LogP contribution in [0.15, 0.2) is 82.6 Å². The van der Waals surface area contributed by atoms with Crippen molar-refractivity contribution in [3.05, 3.63) is 107 Å². The summed E-state index contributed by atoms with van der Waals surface area (Å²) in [6, 6.07) is 16.5. The number of hydrogen-bond acceptors (Lipinski definition) is 4. The summed E-state index contributed by atoms with van der Waals surface area (Å²) in [5, 5.41) is 18.0. The van der Waals surface area contributed by atoms with Crippen LogP contribution in [0.25, 0.3) is 0 Å². The van der Waals surface area contributed by atoms with Crippen LogP contribution in [-0.2, 0) is 28.6 Å². The first kappa shape index (κ1) is 28.0. The van der Waals surface area contributed by atoms with Crippen molar-refractivity contribution in [2.75, 3.05) is 18.6 Å². The van der Waals surface area contributed by atoms with E-state index in [1.807, 2.05) is 38.1 Å². The first-order valence-corrected chi connectivity index (χ1v) is 11.4. The van der Waals surface area contributed by atoms with E-state index < -0.39 is 22.9 Å². The quantitative estimate of drug-likeness (QED) is 0.162. The van der Waals surface area contributed by atoms with Gasteiger partial charge in [-0.3, -0.25) is 0 Å². The molecule has 0 saturated carbocycles. The number of rotatable bonds is 7. The van der Waals surface area contributed by atoms with Crippen LogP contribution in [0.1, 0.15) is 30.5 Å². The van der Waals surface area contributed by atoms with Gasteiger partial charge in [-0.15, -0.1) is 5.10 Å². The van der Waals surface area contributed by atoms with Gasteiger partial charge in [0.1, 0.15) is 5.75 Å². The third kappa shape index (κ3) is 5.57. The van der Waals surface area contributed by atoms with Crippen LogP contribution in [0.4, 0.5) is 18.9 Å². The van der Waals surface area contributed by atoms with E-state index in [4.69, 9.17) is 4.74 Å². The number of anilines is 1. The van der Waals surface area contributed by atoms with E-state index in [1.165, 1.54) is 6.21 Å². The Morgan fingerprint density at radius 2 is 1.73 bits per heavy atom. The van der Waals surface area contributed by atoms with Crippen molar-refractivity contribution >= 4 is 17.8 Å². The fourth-order valence-corrected chi connectivity index (χ4v) is 4.64. The van der Waals surface area contributed by atoms with Crippen LogP contribution in [0.5, 0.6) is 5.75 Å². The third-order valence-corrected chi connectivity index (χ3v) is 6.35. The number of fused-ring (bicyclic) bond motifs is 1. The van der Waals surface area contributed by atoms with Crippen molar-refractivity contribution < 1.29 is 39.8 Å².